The number of nitrogens with one attached hydrogen (secondary N) is 1. The van der Waals surface area contributed by atoms with Gasteiger partial charge in [-0.3, -0.25) is 9.36 Å². The minimum atomic E-state index is 0.679. The second-order valence-corrected chi connectivity index (χ2v) is 4.27. The van der Waals surface area contributed by atoms with E-state index in [0.717, 1.165) is 28.5 Å². The Kier molecular flexibility index (Phi) is 2.89. The summed E-state index contributed by atoms with van der Waals surface area (Å²) in [6, 6.07) is 2.06. The van der Waals surface area contributed by atoms with E-state index in [0.29, 0.717) is 6.54 Å². The summed E-state index contributed by atoms with van der Waals surface area (Å²) in [6.07, 6.45) is 0. The van der Waals surface area contributed by atoms with Gasteiger partial charge in [0.2, 0.25) is 0 Å². The van der Waals surface area contributed by atoms with E-state index in [2.05, 4.69) is 21.7 Å². The Bertz CT molecular complexity index is 536. The van der Waals surface area contributed by atoms with Crippen LogP contribution in [-0.4, -0.2) is 19.6 Å². The SMILES string of the molecule is Cc1cc(C)n(Cc2c(C)nn(C)c2NN)n1. The zero-order valence-electron chi connectivity index (χ0n) is 10.7. The van der Waals surface area contributed by atoms with Gasteiger partial charge in [-0.2, -0.15) is 10.2 Å². The quantitative estimate of drug-likeness (QED) is 0.610. The van der Waals surface area contributed by atoms with Crippen LogP contribution >= 0.6 is 0 Å². The van der Waals surface area contributed by atoms with Gasteiger partial charge in [0.15, 0.2) is 0 Å². The summed E-state index contributed by atoms with van der Waals surface area (Å²) in [5.74, 6) is 6.35. The molecule has 3 N–H and O–H groups in total. The van der Waals surface area contributed by atoms with Crippen molar-refractivity contribution in [1.29, 1.82) is 0 Å². The molecule has 6 nitrogen and oxygen atoms in total. The molecule has 2 aromatic rings. The van der Waals surface area contributed by atoms with Gasteiger partial charge in [-0.25, -0.2) is 5.84 Å². The first-order valence-corrected chi connectivity index (χ1v) is 5.53. The number of nitrogen functional groups attached to an aromatic ring is 1. The highest BCUT2D eigenvalue weighted by Crippen LogP contribution is 2.19. The molecule has 92 valence electrons. The van der Waals surface area contributed by atoms with Gasteiger partial charge in [0.1, 0.15) is 5.82 Å². The molecule has 2 aromatic heterocycles. The molecular weight excluding hydrogens is 216 g/mol. The van der Waals surface area contributed by atoms with Crippen LogP contribution in [0.25, 0.3) is 0 Å². The van der Waals surface area contributed by atoms with Crippen molar-refractivity contribution in [2.75, 3.05) is 5.43 Å². The van der Waals surface area contributed by atoms with Gasteiger partial charge in [-0.15, -0.1) is 0 Å². The van der Waals surface area contributed by atoms with Gasteiger partial charge >= 0.3 is 0 Å². The van der Waals surface area contributed by atoms with Crippen LogP contribution in [0.5, 0.6) is 0 Å². The molecule has 0 radical (unpaired) electrons. The molecule has 17 heavy (non-hydrogen) atoms. The van der Waals surface area contributed by atoms with E-state index in [4.69, 9.17) is 5.84 Å². The smallest absolute Gasteiger partial charge is 0.143 e. The molecule has 0 fully saturated rings. The minimum Gasteiger partial charge on any atom is -0.308 e. The maximum atomic E-state index is 5.52. The Morgan fingerprint density at radius 1 is 1.29 bits per heavy atom. The molecule has 0 atom stereocenters. The number of aromatic nitrogens is 4. The molecule has 0 aliphatic carbocycles. The van der Waals surface area contributed by atoms with Crippen molar-refractivity contribution in [3.05, 3.63) is 28.7 Å². The lowest BCUT2D eigenvalue weighted by Crippen LogP contribution is -2.14. The molecule has 6 heteroatoms. The highest BCUT2D eigenvalue weighted by atomic mass is 15.4. The molecule has 2 heterocycles. The predicted molar refractivity (Wildman–Crippen MR) is 66.6 cm³/mol. The van der Waals surface area contributed by atoms with Gasteiger partial charge < -0.3 is 5.43 Å². The minimum absolute atomic E-state index is 0.679. The van der Waals surface area contributed by atoms with Crippen LogP contribution in [0, 0.1) is 20.8 Å². The molecular formula is C11H18N6. The molecule has 0 unspecified atom stereocenters. The van der Waals surface area contributed by atoms with Crippen molar-refractivity contribution in [2.45, 2.75) is 27.3 Å². The number of anilines is 1. The van der Waals surface area contributed by atoms with Crippen LogP contribution in [0.4, 0.5) is 5.82 Å². The van der Waals surface area contributed by atoms with Gasteiger partial charge in [0.05, 0.1) is 17.9 Å². The zero-order valence-corrected chi connectivity index (χ0v) is 10.7. The summed E-state index contributed by atoms with van der Waals surface area (Å²) >= 11 is 0. The van der Waals surface area contributed by atoms with E-state index in [9.17, 15) is 0 Å². The number of hydrogen-bond acceptors (Lipinski definition) is 4. The highest BCUT2D eigenvalue weighted by molar-refractivity contribution is 5.46. The number of nitrogens with two attached hydrogens (primary N) is 1. The third-order valence-corrected chi connectivity index (χ3v) is 2.89. The molecule has 0 spiro atoms. The Labute approximate surface area is 100 Å². The number of nitrogens with zero attached hydrogens (tertiary/aromatic N) is 4. The standard InChI is InChI=1S/C11H18N6/c1-7-5-8(2)17(14-7)6-10-9(3)15-16(4)11(10)13-12/h5,13H,6,12H2,1-4H3. The fourth-order valence-electron chi connectivity index (χ4n) is 2.06. The third kappa shape index (κ3) is 2.03. The molecule has 0 aromatic carbocycles. The van der Waals surface area contributed by atoms with Crippen molar-refractivity contribution < 1.29 is 0 Å². The van der Waals surface area contributed by atoms with Gasteiger partial charge in [0.25, 0.3) is 0 Å². The maximum Gasteiger partial charge on any atom is 0.143 e. The second-order valence-electron chi connectivity index (χ2n) is 4.27. The van der Waals surface area contributed by atoms with Crippen LogP contribution in [0.3, 0.4) is 0 Å². The lowest BCUT2D eigenvalue weighted by molar-refractivity contribution is 0.657. The van der Waals surface area contributed by atoms with Crippen molar-refractivity contribution in [3.63, 3.8) is 0 Å². The van der Waals surface area contributed by atoms with Gasteiger partial charge in [-0.05, 0) is 26.8 Å². The van der Waals surface area contributed by atoms with Crippen molar-refractivity contribution >= 4 is 5.82 Å². The van der Waals surface area contributed by atoms with Crippen molar-refractivity contribution in [1.82, 2.24) is 19.6 Å². The normalized spacial score (nSPS) is 10.9. The average molecular weight is 234 g/mol. The van der Waals surface area contributed by atoms with E-state index in [-0.39, 0.29) is 0 Å². The lowest BCUT2D eigenvalue weighted by atomic mass is 10.2. The van der Waals surface area contributed by atoms with Crippen LogP contribution in [0.1, 0.15) is 22.6 Å². The molecule has 0 aliphatic heterocycles. The average Bonchev–Trinajstić information content (AvgIpc) is 2.69. The monoisotopic (exact) mass is 234 g/mol. The van der Waals surface area contributed by atoms with Crippen LogP contribution < -0.4 is 11.3 Å². The van der Waals surface area contributed by atoms with Crippen LogP contribution in [0.15, 0.2) is 6.07 Å². The fraction of sp³-hybridized carbons (Fsp3) is 0.455. The predicted octanol–water partition coefficient (Wildman–Crippen LogP) is 0.876. The molecule has 0 bridgehead atoms. The van der Waals surface area contributed by atoms with E-state index in [1.54, 1.807) is 4.68 Å². The first-order valence-electron chi connectivity index (χ1n) is 5.53. The van der Waals surface area contributed by atoms with Crippen LogP contribution in [0.2, 0.25) is 0 Å². The van der Waals surface area contributed by atoms with Gasteiger partial charge in [0, 0.05) is 18.3 Å². The fourth-order valence-corrected chi connectivity index (χ4v) is 2.06. The first kappa shape index (κ1) is 11.7. The second kappa shape index (κ2) is 4.21. The molecule has 0 saturated heterocycles. The van der Waals surface area contributed by atoms with E-state index < -0.39 is 0 Å². The number of hydrazine groups is 1. The Hall–Kier alpha value is -1.82. The van der Waals surface area contributed by atoms with E-state index >= 15 is 0 Å². The number of hydrogen-bond donors (Lipinski definition) is 2. The van der Waals surface area contributed by atoms with E-state index in [1.165, 1.54) is 0 Å². The highest BCUT2D eigenvalue weighted by Gasteiger charge is 2.14. The summed E-state index contributed by atoms with van der Waals surface area (Å²) in [7, 11) is 1.87. The summed E-state index contributed by atoms with van der Waals surface area (Å²) in [6.45, 7) is 6.68. The Morgan fingerprint density at radius 3 is 2.53 bits per heavy atom. The van der Waals surface area contributed by atoms with Crippen molar-refractivity contribution in [2.24, 2.45) is 12.9 Å². The summed E-state index contributed by atoms with van der Waals surface area (Å²) in [4.78, 5) is 0. The van der Waals surface area contributed by atoms with E-state index in [1.807, 2.05) is 32.5 Å². The molecule has 0 aliphatic rings. The number of rotatable bonds is 3. The number of aryl methyl sites for hydroxylation is 4. The Morgan fingerprint density at radius 2 is 2.00 bits per heavy atom. The maximum absolute atomic E-state index is 5.52. The first-order chi connectivity index (χ1) is 8.02. The van der Waals surface area contributed by atoms with Crippen molar-refractivity contribution in [3.8, 4) is 0 Å². The molecule has 0 saturated carbocycles. The zero-order chi connectivity index (χ0) is 12.6. The summed E-state index contributed by atoms with van der Waals surface area (Å²) < 4.78 is 3.70. The largest absolute Gasteiger partial charge is 0.308 e. The third-order valence-electron chi connectivity index (χ3n) is 2.89. The van der Waals surface area contributed by atoms with Crippen LogP contribution in [-0.2, 0) is 13.6 Å². The Balaban J connectivity index is 2.39. The summed E-state index contributed by atoms with van der Waals surface area (Å²) in [5, 5.41) is 8.79. The molecule has 0 amide bonds. The lowest BCUT2D eigenvalue weighted by Gasteiger charge is -2.07. The summed E-state index contributed by atoms with van der Waals surface area (Å²) in [5.41, 5.74) is 6.88. The van der Waals surface area contributed by atoms with Gasteiger partial charge in [-0.1, -0.05) is 0 Å². The molecule has 2 rings (SSSR count). The topological polar surface area (TPSA) is 73.7 Å².